The topological polar surface area (TPSA) is 79.0 Å². The Morgan fingerprint density at radius 1 is 1.21 bits per heavy atom. The highest BCUT2D eigenvalue weighted by atomic mass is 32.2. The third-order valence-corrected chi connectivity index (χ3v) is 5.79. The Hall–Kier alpha value is -1.80. The molecule has 0 aromatic heterocycles. The molecule has 1 saturated heterocycles. The SMILES string of the molecule is COc1ccc(C)cc1S(=O)(=O)N1CCN(C(=O)NC(C)C)CC1. The van der Waals surface area contributed by atoms with E-state index in [1.165, 1.54) is 11.4 Å². The Morgan fingerprint density at radius 3 is 2.38 bits per heavy atom. The van der Waals surface area contributed by atoms with Crippen LogP contribution in [0.25, 0.3) is 0 Å². The molecule has 0 atom stereocenters. The van der Waals surface area contributed by atoms with Crippen molar-refractivity contribution < 1.29 is 17.9 Å². The molecule has 0 saturated carbocycles. The number of amides is 2. The number of benzene rings is 1. The Balaban J connectivity index is 2.13. The second kappa shape index (κ2) is 7.40. The van der Waals surface area contributed by atoms with Crippen molar-refractivity contribution in [1.29, 1.82) is 0 Å². The largest absolute Gasteiger partial charge is 0.495 e. The minimum absolute atomic E-state index is 0.0517. The Kier molecular flexibility index (Phi) is 5.71. The van der Waals surface area contributed by atoms with Gasteiger partial charge in [0.2, 0.25) is 10.0 Å². The molecule has 0 spiro atoms. The lowest BCUT2D eigenvalue weighted by Crippen LogP contribution is -2.53. The molecule has 24 heavy (non-hydrogen) atoms. The molecule has 1 fully saturated rings. The van der Waals surface area contributed by atoms with Crippen LogP contribution in [0, 0.1) is 6.92 Å². The van der Waals surface area contributed by atoms with Crippen LogP contribution in [0.3, 0.4) is 0 Å². The molecule has 0 radical (unpaired) electrons. The van der Waals surface area contributed by atoms with E-state index in [9.17, 15) is 13.2 Å². The first-order valence-corrected chi connectivity index (χ1v) is 9.40. The summed E-state index contributed by atoms with van der Waals surface area (Å²) in [4.78, 5) is 13.8. The minimum atomic E-state index is -3.65. The van der Waals surface area contributed by atoms with E-state index in [1.807, 2.05) is 26.8 Å². The fraction of sp³-hybridized carbons (Fsp3) is 0.562. The van der Waals surface area contributed by atoms with Crippen LogP contribution in [-0.2, 0) is 10.0 Å². The maximum Gasteiger partial charge on any atom is 0.317 e. The molecule has 1 aliphatic rings. The van der Waals surface area contributed by atoms with Gasteiger partial charge >= 0.3 is 6.03 Å². The fourth-order valence-electron chi connectivity index (χ4n) is 2.59. The van der Waals surface area contributed by atoms with Gasteiger partial charge in [0.05, 0.1) is 7.11 Å². The molecule has 1 aliphatic heterocycles. The van der Waals surface area contributed by atoms with Gasteiger partial charge in [0.25, 0.3) is 0 Å². The van der Waals surface area contributed by atoms with Crippen LogP contribution in [0.2, 0.25) is 0 Å². The highest BCUT2D eigenvalue weighted by molar-refractivity contribution is 7.89. The van der Waals surface area contributed by atoms with Gasteiger partial charge in [0, 0.05) is 32.2 Å². The van der Waals surface area contributed by atoms with Gasteiger partial charge in [-0.05, 0) is 38.5 Å². The number of carbonyl (C=O) groups excluding carboxylic acids is 1. The number of carbonyl (C=O) groups is 1. The first kappa shape index (κ1) is 18.5. The maximum atomic E-state index is 12.9. The van der Waals surface area contributed by atoms with Crippen LogP contribution in [0.4, 0.5) is 4.79 Å². The summed E-state index contributed by atoms with van der Waals surface area (Å²) in [6.07, 6.45) is 0. The lowest BCUT2D eigenvalue weighted by Gasteiger charge is -2.34. The molecule has 1 N–H and O–H groups in total. The normalized spacial score (nSPS) is 16.3. The van der Waals surface area contributed by atoms with Crippen molar-refractivity contribution in [2.45, 2.75) is 31.7 Å². The average Bonchev–Trinajstić information content (AvgIpc) is 2.54. The first-order valence-electron chi connectivity index (χ1n) is 7.96. The van der Waals surface area contributed by atoms with Crippen LogP contribution in [0.15, 0.2) is 23.1 Å². The van der Waals surface area contributed by atoms with Gasteiger partial charge in [0.15, 0.2) is 0 Å². The predicted octanol–water partition coefficient (Wildman–Crippen LogP) is 1.43. The van der Waals surface area contributed by atoms with E-state index in [0.29, 0.717) is 18.8 Å². The third kappa shape index (κ3) is 3.99. The summed E-state index contributed by atoms with van der Waals surface area (Å²) in [5.74, 6) is 0.334. The summed E-state index contributed by atoms with van der Waals surface area (Å²) in [5, 5.41) is 2.82. The van der Waals surface area contributed by atoms with Gasteiger partial charge in [-0.2, -0.15) is 4.31 Å². The molecule has 1 heterocycles. The summed E-state index contributed by atoms with van der Waals surface area (Å²) in [7, 11) is -2.19. The zero-order chi connectivity index (χ0) is 17.9. The molecule has 0 aliphatic carbocycles. The molecule has 134 valence electrons. The van der Waals surface area contributed by atoms with Crippen molar-refractivity contribution >= 4 is 16.1 Å². The first-order chi connectivity index (χ1) is 11.3. The van der Waals surface area contributed by atoms with Crippen LogP contribution < -0.4 is 10.1 Å². The number of aryl methyl sites for hydroxylation is 1. The van der Waals surface area contributed by atoms with Crippen molar-refractivity contribution in [1.82, 2.24) is 14.5 Å². The number of nitrogens with one attached hydrogen (secondary N) is 1. The zero-order valence-electron chi connectivity index (χ0n) is 14.6. The van der Waals surface area contributed by atoms with Gasteiger partial charge in [-0.3, -0.25) is 0 Å². The molecule has 8 heteroatoms. The smallest absolute Gasteiger partial charge is 0.317 e. The van der Waals surface area contributed by atoms with Crippen LogP contribution in [0.1, 0.15) is 19.4 Å². The van der Waals surface area contributed by atoms with Gasteiger partial charge in [-0.25, -0.2) is 13.2 Å². The summed E-state index contributed by atoms with van der Waals surface area (Å²) in [5.41, 5.74) is 0.851. The molecular weight excluding hydrogens is 330 g/mol. The number of nitrogens with zero attached hydrogens (tertiary/aromatic N) is 2. The number of urea groups is 1. The summed E-state index contributed by atoms with van der Waals surface area (Å²) >= 11 is 0. The number of sulfonamides is 1. The van der Waals surface area contributed by atoms with Crippen molar-refractivity contribution in [3.8, 4) is 5.75 Å². The van der Waals surface area contributed by atoms with Crippen molar-refractivity contribution in [2.75, 3.05) is 33.3 Å². The number of methoxy groups -OCH3 is 1. The summed E-state index contributed by atoms with van der Waals surface area (Å²) < 4.78 is 32.4. The van der Waals surface area contributed by atoms with Crippen molar-refractivity contribution in [2.24, 2.45) is 0 Å². The van der Waals surface area contributed by atoms with Crippen molar-refractivity contribution in [3.05, 3.63) is 23.8 Å². The van der Waals surface area contributed by atoms with Gasteiger partial charge in [-0.1, -0.05) is 6.07 Å². The maximum absolute atomic E-state index is 12.9. The molecule has 2 rings (SSSR count). The molecule has 7 nitrogen and oxygen atoms in total. The lowest BCUT2D eigenvalue weighted by molar-refractivity contribution is 0.170. The summed E-state index contributed by atoms with van der Waals surface area (Å²) in [6, 6.07) is 4.98. The Labute approximate surface area is 143 Å². The fourth-order valence-corrected chi connectivity index (χ4v) is 4.26. The van der Waals surface area contributed by atoms with Crippen LogP contribution in [-0.4, -0.2) is 63.0 Å². The van der Waals surface area contributed by atoms with Gasteiger partial charge in [-0.15, -0.1) is 0 Å². The number of hydrogen-bond acceptors (Lipinski definition) is 4. The second-order valence-electron chi connectivity index (χ2n) is 6.15. The summed E-state index contributed by atoms with van der Waals surface area (Å²) in [6.45, 7) is 6.89. The van der Waals surface area contributed by atoms with Crippen LogP contribution in [0.5, 0.6) is 5.75 Å². The van der Waals surface area contributed by atoms with Crippen molar-refractivity contribution in [3.63, 3.8) is 0 Å². The number of hydrogen-bond donors (Lipinski definition) is 1. The molecule has 2 amide bonds. The van der Waals surface area contributed by atoms with E-state index in [2.05, 4.69) is 5.32 Å². The highest BCUT2D eigenvalue weighted by Crippen LogP contribution is 2.28. The highest BCUT2D eigenvalue weighted by Gasteiger charge is 2.32. The minimum Gasteiger partial charge on any atom is -0.495 e. The molecule has 1 aromatic rings. The van der Waals surface area contributed by atoms with E-state index < -0.39 is 10.0 Å². The molecule has 0 bridgehead atoms. The molecule has 1 aromatic carbocycles. The number of rotatable bonds is 4. The molecular formula is C16H25N3O4S. The van der Waals surface area contributed by atoms with E-state index in [4.69, 9.17) is 4.74 Å². The monoisotopic (exact) mass is 355 g/mol. The van der Waals surface area contributed by atoms with E-state index in [-0.39, 0.29) is 30.1 Å². The Bertz CT molecular complexity index is 695. The number of ether oxygens (including phenoxy) is 1. The second-order valence-corrected chi connectivity index (χ2v) is 8.06. The van der Waals surface area contributed by atoms with E-state index in [0.717, 1.165) is 5.56 Å². The lowest BCUT2D eigenvalue weighted by atomic mass is 10.2. The van der Waals surface area contributed by atoms with Crippen LogP contribution >= 0.6 is 0 Å². The van der Waals surface area contributed by atoms with E-state index >= 15 is 0 Å². The predicted molar refractivity (Wildman–Crippen MR) is 91.7 cm³/mol. The molecule has 0 unspecified atom stereocenters. The Morgan fingerprint density at radius 2 is 1.83 bits per heavy atom. The standard InChI is InChI=1S/C16H25N3O4S/c1-12(2)17-16(20)18-7-9-19(10-8-18)24(21,22)15-11-13(3)5-6-14(15)23-4/h5-6,11-12H,7-10H2,1-4H3,(H,17,20). The quantitative estimate of drug-likeness (QED) is 0.886. The van der Waals surface area contributed by atoms with Gasteiger partial charge < -0.3 is 15.0 Å². The third-order valence-electron chi connectivity index (χ3n) is 3.87. The van der Waals surface area contributed by atoms with E-state index in [1.54, 1.807) is 17.0 Å². The van der Waals surface area contributed by atoms with Gasteiger partial charge in [0.1, 0.15) is 10.6 Å². The average molecular weight is 355 g/mol. The zero-order valence-corrected chi connectivity index (χ0v) is 15.4. The number of piperazine rings is 1.